The van der Waals surface area contributed by atoms with Crippen molar-refractivity contribution in [1.82, 2.24) is 9.88 Å². The van der Waals surface area contributed by atoms with E-state index in [1.54, 1.807) is 0 Å². The number of nitrogens with zero attached hydrogens (tertiary/aromatic N) is 1. The van der Waals surface area contributed by atoms with Crippen molar-refractivity contribution < 1.29 is 9.53 Å². The maximum absolute atomic E-state index is 12.4. The Morgan fingerprint density at radius 1 is 1.30 bits per heavy atom. The highest BCUT2D eigenvalue weighted by atomic mass is 16.5. The van der Waals surface area contributed by atoms with Crippen molar-refractivity contribution in [2.24, 2.45) is 0 Å². The van der Waals surface area contributed by atoms with Gasteiger partial charge in [-0.05, 0) is 43.0 Å². The molecule has 0 radical (unpaired) electrons. The highest BCUT2D eigenvalue weighted by Crippen LogP contribution is 2.17. The lowest BCUT2D eigenvalue weighted by molar-refractivity contribution is -0.142. The van der Waals surface area contributed by atoms with Crippen molar-refractivity contribution in [2.45, 2.75) is 32.5 Å². The van der Waals surface area contributed by atoms with Crippen LogP contribution in [0.25, 0.3) is 10.9 Å². The molecule has 1 fully saturated rings. The zero-order valence-corrected chi connectivity index (χ0v) is 11.9. The fourth-order valence-corrected chi connectivity index (χ4v) is 2.88. The van der Waals surface area contributed by atoms with Gasteiger partial charge < -0.3 is 14.6 Å². The van der Waals surface area contributed by atoms with Crippen LogP contribution in [-0.2, 0) is 16.0 Å². The maximum atomic E-state index is 12.4. The largest absolute Gasteiger partial charge is 0.372 e. The van der Waals surface area contributed by atoms with Gasteiger partial charge in [-0.3, -0.25) is 4.79 Å². The van der Waals surface area contributed by atoms with Gasteiger partial charge in [-0.1, -0.05) is 6.07 Å². The second-order valence-corrected chi connectivity index (χ2v) is 5.63. The van der Waals surface area contributed by atoms with Crippen LogP contribution in [0.4, 0.5) is 0 Å². The molecule has 0 bridgehead atoms. The Balaban J connectivity index is 1.71. The normalized spacial score (nSPS) is 23.2. The average molecular weight is 272 g/mol. The second kappa shape index (κ2) is 5.29. The first-order valence-corrected chi connectivity index (χ1v) is 7.11. The first-order valence-electron chi connectivity index (χ1n) is 7.11. The molecular weight excluding hydrogens is 252 g/mol. The Labute approximate surface area is 118 Å². The van der Waals surface area contributed by atoms with Gasteiger partial charge in [0, 0.05) is 24.8 Å². The van der Waals surface area contributed by atoms with Crippen molar-refractivity contribution >= 4 is 16.8 Å². The van der Waals surface area contributed by atoms with E-state index >= 15 is 0 Å². The van der Waals surface area contributed by atoms with E-state index in [0.717, 1.165) is 16.5 Å². The van der Waals surface area contributed by atoms with E-state index in [0.29, 0.717) is 19.5 Å². The van der Waals surface area contributed by atoms with Gasteiger partial charge in [0.1, 0.15) is 0 Å². The first kappa shape index (κ1) is 13.2. The minimum atomic E-state index is 0.120. The third kappa shape index (κ3) is 2.70. The molecule has 0 spiro atoms. The molecule has 1 aromatic heterocycles. The Kier molecular flexibility index (Phi) is 3.49. The van der Waals surface area contributed by atoms with Crippen LogP contribution in [0.5, 0.6) is 0 Å². The maximum Gasteiger partial charge on any atom is 0.227 e. The molecule has 1 amide bonds. The highest BCUT2D eigenvalue weighted by Gasteiger charge is 2.25. The van der Waals surface area contributed by atoms with Crippen LogP contribution in [-0.4, -0.2) is 41.1 Å². The summed E-state index contributed by atoms with van der Waals surface area (Å²) in [4.78, 5) is 17.5. The number of aromatic nitrogens is 1. The van der Waals surface area contributed by atoms with E-state index in [4.69, 9.17) is 4.74 Å². The van der Waals surface area contributed by atoms with Crippen molar-refractivity contribution in [1.29, 1.82) is 0 Å². The van der Waals surface area contributed by atoms with Crippen LogP contribution < -0.4 is 0 Å². The van der Waals surface area contributed by atoms with Crippen LogP contribution in [0.2, 0.25) is 0 Å². The smallest absolute Gasteiger partial charge is 0.227 e. The lowest BCUT2D eigenvalue weighted by Crippen LogP contribution is -2.48. The Morgan fingerprint density at radius 3 is 2.80 bits per heavy atom. The molecule has 2 atom stereocenters. The second-order valence-electron chi connectivity index (χ2n) is 5.63. The topological polar surface area (TPSA) is 45.3 Å². The predicted molar refractivity (Wildman–Crippen MR) is 78.6 cm³/mol. The molecule has 20 heavy (non-hydrogen) atoms. The summed E-state index contributed by atoms with van der Waals surface area (Å²) in [5.41, 5.74) is 2.17. The number of H-pyrrole nitrogens is 1. The molecule has 1 N–H and O–H groups in total. The van der Waals surface area contributed by atoms with Gasteiger partial charge >= 0.3 is 0 Å². The summed E-state index contributed by atoms with van der Waals surface area (Å²) >= 11 is 0. The molecule has 1 aliphatic rings. The molecule has 1 aliphatic heterocycles. The molecule has 1 saturated heterocycles. The number of hydrogen-bond acceptors (Lipinski definition) is 2. The Hall–Kier alpha value is -1.81. The van der Waals surface area contributed by atoms with Gasteiger partial charge in [0.2, 0.25) is 5.91 Å². The summed E-state index contributed by atoms with van der Waals surface area (Å²) in [6.07, 6.45) is 2.62. The zero-order chi connectivity index (χ0) is 14.1. The predicted octanol–water partition coefficient (Wildman–Crippen LogP) is 2.35. The van der Waals surface area contributed by atoms with Crippen molar-refractivity contribution in [2.75, 3.05) is 13.1 Å². The summed E-state index contributed by atoms with van der Waals surface area (Å²) in [6.45, 7) is 5.41. The fraction of sp³-hybridized carbons (Fsp3) is 0.438. The van der Waals surface area contributed by atoms with Gasteiger partial charge in [-0.25, -0.2) is 0 Å². The van der Waals surface area contributed by atoms with E-state index in [1.807, 2.05) is 43.1 Å². The van der Waals surface area contributed by atoms with Crippen LogP contribution >= 0.6 is 0 Å². The van der Waals surface area contributed by atoms with Crippen LogP contribution in [0.1, 0.15) is 19.4 Å². The van der Waals surface area contributed by atoms with Crippen molar-refractivity contribution in [3.63, 3.8) is 0 Å². The average Bonchev–Trinajstić information content (AvgIpc) is 2.85. The fourth-order valence-electron chi connectivity index (χ4n) is 2.88. The number of morpholine rings is 1. The number of fused-ring (bicyclic) bond motifs is 1. The third-order valence-corrected chi connectivity index (χ3v) is 3.75. The number of hydrogen-bond donors (Lipinski definition) is 1. The zero-order valence-electron chi connectivity index (χ0n) is 11.9. The first-order chi connectivity index (χ1) is 9.61. The van der Waals surface area contributed by atoms with E-state index in [1.165, 1.54) is 0 Å². The number of benzene rings is 1. The summed E-state index contributed by atoms with van der Waals surface area (Å²) in [5.74, 6) is 0.182. The number of rotatable bonds is 2. The lowest BCUT2D eigenvalue weighted by atomic mass is 10.1. The highest BCUT2D eigenvalue weighted by molar-refractivity contribution is 5.83. The monoisotopic (exact) mass is 272 g/mol. The van der Waals surface area contributed by atoms with E-state index in [2.05, 4.69) is 11.1 Å². The SMILES string of the molecule is CC1CN(C(=O)Cc2ccc3[nH]ccc3c2)CC(C)O1. The molecule has 2 unspecified atom stereocenters. The van der Waals surface area contributed by atoms with Gasteiger partial charge in [-0.15, -0.1) is 0 Å². The van der Waals surface area contributed by atoms with E-state index in [9.17, 15) is 4.79 Å². The Morgan fingerprint density at radius 2 is 2.05 bits per heavy atom. The minimum absolute atomic E-state index is 0.120. The molecule has 2 aromatic rings. The summed E-state index contributed by atoms with van der Waals surface area (Å²) in [5, 5.41) is 1.15. The molecule has 106 valence electrons. The quantitative estimate of drug-likeness (QED) is 0.912. The molecule has 0 aliphatic carbocycles. The number of nitrogens with one attached hydrogen (secondary N) is 1. The van der Waals surface area contributed by atoms with Crippen LogP contribution in [0.3, 0.4) is 0 Å². The van der Waals surface area contributed by atoms with E-state index < -0.39 is 0 Å². The molecule has 0 saturated carbocycles. The third-order valence-electron chi connectivity index (χ3n) is 3.75. The standard InChI is InChI=1S/C16H20N2O2/c1-11-9-18(10-12(2)20-11)16(19)8-13-3-4-15-14(7-13)5-6-17-15/h3-7,11-12,17H,8-10H2,1-2H3. The summed E-state index contributed by atoms with van der Waals surface area (Å²) in [6, 6.07) is 8.16. The van der Waals surface area contributed by atoms with Crippen LogP contribution in [0.15, 0.2) is 30.5 Å². The van der Waals surface area contributed by atoms with Crippen molar-refractivity contribution in [3.8, 4) is 0 Å². The number of amides is 1. The molecule has 4 heteroatoms. The number of carbonyl (C=O) groups excluding carboxylic acids is 1. The molecule has 1 aromatic carbocycles. The molecule has 2 heterocycles. The summed E-state index contributed by atoms with van der Waals surface area (Å²) < 4.78 is 5.67. The number of ether oxygens (including phenoxy) is 1. The summed E-state index contributed by atoms with van der Waals surface area (Å²) in [7, 11) is 0. The minimum Gasteiger partial charge on any atom is -0.372 e. The lowest BCUT2D eigenvalue weighted by Gasteiger charge is -2.35. The molecule has 4 nitrogen and oxygen atoms in total. The van der Waals surface area contributed by atoms with Gasteiger partial charge in [0.05, 0.1) is 18.6 Å². The molecule has 3 rings (SSSR count). The molecular formula is C16H20N2O2. The van der Waals surface area contributed by atoms with Gasteiger partial charge in [-0.2, -0.15) is 0 Å². The number of carbonyl (C=O) groups is 1. The van der Waals surface area contributed by atoms with Crippen LogP contribution in [0, 0.1) is 0 Å². The van der Waals surface area contributed by atoms with Gasteiger partial charge in [0.25, 0.3) is 0 Å². The van der Waals surface area contributed by atoms with Gasteiger partial charge in [0.15, 0.2) is 0 Å². The van der Waals surface area contributed by atoms with E-state index in [-0.39, 0.29) is 18.1 Å². The Bertz CT molecular complexity index is 610. The van der Waals surface area contributed by atoms with Crippen molar-refractivity contribution in [3.05, 3.63) is 36.0 Å². The number of aromatic amines is 1.